The van der Waals surface area contributed by atoms with E-state index in [2.05, 4.69) is 9.55 Å². The Labute approximate surface area is 147 Å². The van der Waals surface area contributed by atoms with Gasteiger partial charge in [0.15, 0.2) is 0 Å². The summed E-state index contributed by atoms with van der Waals surface area (Å²) in [6.07, 6.45) is 3.26. The smallest absolute Gasteiger partial charge is 0.124 e. The van der Waals surface area contributed by atoms with E-state index in [0.29, 0.717) is 19.4 Å². The molecule has 1 atom stereocenters. The molecule has 128 valence electrons. The zero-order valence-electron chi connectivity index (χ0n) is 14.3. The van der Waals surface area contributed by atoms with Gasteiger partial charge in [-0.05, 0) is 18.1 Å². The largest absolute Gasteiger partial charge is 0.393 e. The van der Waals surface area contributed by atoms with E-state index in [0.717, 1.165) is 34.4 Å². The maximum absolute atomic E-state index is 10.7. The molecule has 3 rings (SSSR count). The molecular weight excluding hydrogens is 312 g/mol. The SMILES string of the molecule is CC(O)Cc1c(-c2ccccc2)ncn1Cc1cccc(CC=O)c1. The second-order valence-corrected chi connectivity index (χ2v) is 6.28. The topological polar surface area (TPSA) is 55.1 Å². The van der Waals surface area contributed by atoms with Crippen LogP contribution in [0.3, 0.4) is 0 Å². The molecule has 1 N–H and O–H groups in total. The minimum Gasteiger partial charge on any atom is -0.393 e. The maximum Gasteiger partial charge on any atom is 0.124 e. The first-order chi connectivity index (χ1) is 12.2. The first-order valence-corrected chi connectivity index (χ1v) is 8.46. The first-order valence-electron chi connectivity index (χ1n) is 8.46. The molecule has 0 aliphatic rings. The predicted octanol–water partition coefficient (Wildman–Crippen LogP) is 3.26. The van der Waals surface area contributed by atoms with Gasteiger partial charge >= 0.3 is 0 Å². The Morgan fingerprint density at radius 2 is 1.88 bits per heavy atom. The number of aldehydes is 1. The molecule has 1 unspecified atom stereocenters. The molecule has 0 saturated heterocycles. The van der Waals surface area contributed by atoms with Crippen LogP contribution in [0.4, 0.5) is 0 Å². The lowest BCUT2D eigenvalue weighted by atomic mass is 10.1. The predicted molar refractivity (Wildman–Crippen MR) is 98.4 cm³/mol. The van der Waals surface area contributed by atoms with Crippen LogP contribution in [0.2, 0.25) is 0 Å². The van der Waals surface area contributed by atoms with E-state index in [1.165, 1.54) is 0 Å². The average molecular weight is 334 g/mol. The van der Waals surface area contributed by atoms with Crippen LogP contribution in [-0.4, -0.2) is 27.0 Å². The Morgan fingerprint density at radius 1 is 1.12 bits per heavy atom. The molecule has 0 saturated carbocycles. The van der Waals surface area contributed by atoms with E-state index in [1.807, 2.05) is 60.9 Å². The zero-order chi connectivity index (χ0) is 17.6. The molecule has 25 heavy (non-hydrogen) atoms. The molecule has 3 aromatic rings. The summed E-state index contributed by atoms with van der Waals surface area (Å²) in [5.41, 5.74) is 5.09. The van der Waals surface area contributed by atoms with Crippen molar-refractivity contribution in [3.63, 3.8) is 0 Å². The third-order valence-corrected chi connectivity index (χ3v) is 4.15. The highest BCUT2D eigenvalue weighted by Gasteiger charge is 2.15. The number of imidazole rings is 1. The number of rotatable bonds is 7. The van der Waals surface area contributed by atoms with E-state index < -0.39 is 6.10 Å². The number of nitrogens with zero attached hydrogens (tertiary/aromatic N) is 2. The van der Waals surface area contributed by atoms with Crippen molar-refractivity contribution >= 4 is 6.29 Å². The van der Waals surface area contributed by atoms with Crippen LogP contribution in [0, 0.1) is 0 Å². The highest BCUT2D eigenvalue weighted by Crippen LogP contribution is 2.24. The first kappa shape index (κ1) is 17.1. The lowest BCUT2D eigenvalue weighted by Gasteiger charge is -2.12. The number of aliphatic hydroxyl groups is 1. The minimum absolute atomic E-state index is 0.424. The maximum atomic E-state index is 10.7. The van der Waals surface area contributed by atoms with Gasteiger partial charge in [0.25, 0.3) is 0 Å². The van der Waals surface area contributed by atoms with Gasteiger partial charge in [-0.15, -0.1) is 0 Å². The van der Waals surface area contributed by atoms with E-state index in [9.17, 15) is 9.90 Å². The Kier molecular flexibility index (Phi) is 5.41. The quantitative estimate of drug-likeness (QED) is 0.675. The molecule has 1 heterocycles. The van der Waals surface area contributed by atoms with E-state index in [-0.39, 0.29) is 0 Å². The summed E-state index contributed by atoms with van der Waals surface area (Å²) >= 11 is 0. The molecule has 0 radical (unpaired) electrons. The van der Waals surface area contributed by atoms with Crippen molar-refractivity contribution in [1.82, 2.24) is 9.55 Å². The van der Waals surface area contributed by atoms with Gasteiger partial charge in [0.05, 0.1) is 18.1 Å². The van der Waals surface area contributed by atoms with Gasteiger partial charge in [-0.2, -0.15) is 0 Å². The minimum atomic E-state index is -0.445. The standard InChI is InChI=1S/C21H22N2O2/c1-16(25)12-20-21(19-8-3-2-4-9-19)22-15-23(20)14-18-7-5-6-17(13-18)10-11-24/h2-9,11,13,15-16,25H,10,12,14H2,1H3. The van der Waals surface area contributed by atoms with E-state index in [1.54, 1.807) is 6.92 Å². The zero-order valence-corrected chi connectivity index (χ0v) is 14.3. The lowest BCUT2D eigenvalue weighted by molar-refractivity contribution is -0.107. The van der Waals surface area contributed by atoms with Crippen molar-refractivity contribution in [2.75, 3.05) is 0 Å². The molecule has 0 amide bonds. The fourth-order valence-corrected chi connectivity index (χ4v) is 3.02. The number of carbonyl (C=O) groups excluding carboxylic acids is 1. The van der Waals surface area contributed by atoms with Gasteiger partial charge in [0.1, 0.15) is 6.29 Å². The van der Waals surface area contributed by atoms with Gasteiger partial charge in [-0.1, -0.05) is 54.6 Å². The molecule has 4 heteroatoms. The van der Waals surface area contributed by atoms with Gasteiger partial charge in [0.2, 0.25) is 0 Å². The highest BCUT2D eigenvalue weighted by atomic mass is 16.3. The van der Waals surface area contributed by atoms with Crippen molar-refractivity contribution in [2.45, 2.75) is 32.4 Å². The molecule has 0 spiro atoms. The van der Waals surface area contributed by atoms with E-state index >= 15 is 0 Å². The summed E-state index contributed by atoms with van der Waals surface area (Å²) in [6.45, 7) is 2.45. The van der Waals surface area contributed by atoms with Crippen LogP contribution in [0.15, 0.2) is 60.9 Å². The highest BCUT2D eigenvalue weighted by molar-refractivity contribution is 5.62. The Morgan fingerprint density at radius 3 is 2.60 bits per heavy atom. The summed E-state index contributed by atoms with van der Waals surface area (Å²) in [7, 11) is 0. The van der Waals surface area contributed by atoms with Crippen LogP contribution < -0.4 is 0 Å². The van der Waals surface area contributed by atoms with Gasteiger partial charge in [-0.25, -0.2) is 4.98 Å². The van der Waals surface area contributed by atoms with Gasteiger partial charge in [-0.3, -0.25) is 0 Å². The summed E-state index contributed by atoms with van der Waals surface area (Å²) in [5, 5.41) is 9.92. The summed E-state index contributed by atoms with van der Waals surface area (Å²) in [5.74, 6) is 0. The molecule has 2 aromatic carbocycles. The fourth-order valence-electron chi connectivity index (χ4n) is 3.02. The molecule has 0 aliphatic heterocycles. The number of carbonyl (C=O) groups is 1. The van der Waals surface area contributed by atoms with Crippen LogP contribution >= 0.6 is 0 Å². The molecule has 0 bridgehead atoms. The van der Waals surface area contributed by atoms with Crippen molar-refractivity contribution in [3.8, 4) is 11.3 Å². The molecule has 0 fully saturated rings. The molecule has 0 aliphatic carbocycles. The Hall–Kier alpha value is -2.72. The second-order valence-electron chi connectivity index (χ2n) is 6.28. The summed E-state index contributed by atoms with van der Waals surface area (Å²) in [4.78, 5) is 15.3. The van der Waals surface area contributed by atoms with Gasteiger partial charge in [0, 0.05) is 30.6 Å². The van der Waals surface area contributed by atoms with Gasteiger partial charge < -0.3 is 14.5 Å². The fraction of sp³-hybridized carbons (Fsp3) is 0.238. The summed E-state index contributed by atoms with van der Waals surface area (Å²) < 4.78 is 2.08. The van der Waals surface area contributed by atoms with Crippen molar-refractivity contribution in [2.24, 2.45) is 0 Å². The third-order valence-electron chi connectivity index (χ3n) is 4.15. The van der Waals surface area contributed by atoms with E-state index in [4.69, 9.17) is 0 Å². The number of hydrogen-bond acceptors (Lipinski definition) is 3. The number of aromatic nitrogens is 2. The van der Waals surface area contributed by atoms with Crippen LogP contribution in [0.1, 0.15) is 23.7 Å². The molecule has 1 aromatic heterocycles. The third kappa shape index (κ3) is 4.22. The summed E-state index contributed by atoms with van der Waals surface area (Å²) in [6, 6.07) is 18.0. The second kappa shape index (κ2) is 7.90. The Bertz CT molecular complexity index is 838. The average Bonchev–Trinajstić information content (AvgIpc) is 2.98. The van der Waals surface area contributed by atoms with Crippen LogP contribution in [0.25, 0.3) is 11.3 Å². The van der Waals surface area contributed by atoms with Crippen LogP contribution in [0.5, 0.6) is 0 Å². The van der Waals surface area contributed by atoms with Crippen molar-refractivity contribution < 1.29 is 9.90 Å². The number of benzene rings is 2. The normalized spacial score (nSPS) is 12.1. The Balaban J connectivity index is 1.94. The van der Waals surface area contributed by atoms with Crippen molar-refractivity contribution in [3.05, 3.63) is 77.7 Å². The number of aliphatic hydroxyl groups excluding tert-OH is 1. The van der Waals surface area contributed by atoms with Crippen molar-refractivity contribution in [1.29, 1.82) is 0 Å². The monoisotopic (exact) mass is 334 g/mol. The number of hydrogen-bond donors (Lipinski definition) is 1. The molecule has 4 nitrogen and oxygen atoms in total. The molecular formula is C21H22N2O2. The van der Waals surface area contributed by atoms with Crippen LogP contribution in [-0.2, 0) is 24.2 Å². The lowest BCUT2D eigenvalue weighted by Crippen LogP contribution is -2.11.